The molecule has 1 aromatic rings. The predicted octanol–water partition coefficient (Wildman–Crippen LogP) is 0.0744. The molecule has 0 saturated carbocycles. The van der Waals surface area contributed by atoms with Gasteiger partial charge in [0.05, 0.1) is 35.0 Å². The standard InChI is InChI=1S/C13H15N3O7/c1-8(2)15-23-11-4-9(3-10(5-11)16(20)21)14-12(17)6-22-7-13(18)19/h3-5H,6-7H2,1-2H3,(H,14,17)(H,18,19)/p-1. The van der Waals surface area contributed by atoms with E-state index in [9.17, 15) is 24.8 Å². The van der Waals surface area contributed by atoms with Crippen LogP contribution in [0.4, 0.5) is 11.4 Å². The third-order valence-corrected chi connectivity index (χ3v) is 2.17. The van der Waals surface area contributed by atoms with Gasteiger partial charge in [0.1, 0.15) is 6.61 Å². The SMILES string of the molecule is CC(C)=NOc1cc(NC(=O)COCC(=O)[O-])cc([N+](=O)[O-])c1. The lowest BCUT2D eigenvalue weighted by molar-refractivity contribution is -0.384. The zero-order valence-electron chi connectivity index (χ0n) is 12.4. The van der Waals surface area contributed by atoms with Crippen molar-refractivity contribution in [2.75, 3.05) is 18.5 Å². The number of carbonyl (C=O) groups excluding carboxylic acids is 2. The number of carboxylic acid groups (broad SMARTS) is 1. The molecule has 124 valence electrons. The number of hydrogen-bond donors (Lipinski definition) is 1. The van der Waals surface area contributed by atoms with Crippen molar-refractivity contribution in [3.05, 3.63) is 28.3 Å². The number of nitrogens with one attached hydrogen (secondary N) is 1. The number of aliphatic carboxylic acids is 1. The normalized spacial score (nSPS) is 9.83. The molecule has 10 nitrogen and oxygen atoms in total. The largest absolute Gasteiger partial charge is 0.548 e. The Morgan fingerprint density at radius 2 is 1.96 bits per heavy atom. The van der Waals surface area contributed by atoms with Crippen LogP contribution in [0.2, 0.25) is 0 Å². The van der Waals surface area contributed by atoms with E-state index in [1.807, 2.05) is 0 Å². The number of rotatable bonds is 8. The third-order valence-electron chi connectivity index (χ3n) is 2.17. The number of anilines is 1. The molecule has 10 heteroatoms. The van der Waals surface area contributed by atoms with Crippen molar-refractivity contribution in [1.82, 2.24) is 0 Å². The summed E-state index contributed by atoms with van der Waals surface area (Å²) in [4.78, 5) is 37.0. The molecular formula is C13H14N3O7-. The molecule has 0 aliphatic carbocycles. The van der Waals surface area contributed by atoms with Gasteiger partial charge in [-0.15, -0.1) is 0 Å². The number of nitro benzene ring substituents is 1. The first-order valence-corrected chi connectivity index (χ1v) is 6.33. The van der Waals surface area contributed by atoms with Gasteiger partial charge in [0.2, 0.25) is 5.91 Å². The number of non-ortho nitro benzene ring substituents is 1. The maximum atomic E-state index is 11.6. The molecule has 0 atom stereocenters. The summed E-state index contributed by atoms with van der Waals surface area (Å²) in [6.07, 6.45) is 0. The van der Waals surface area contributed by atoms with E-state index in [1.54, 1.807) is 13.8 Å². The molecule has 1 aromatic carbocycles. The molecule has 0 aliphatic heterocycles. The van der Waals surface area contributed by atoms with Crippen LogP contribution in [0.15, 0.2) is 23.4 Å². The number of nitro groups is 1. The highest BCUT2D eigenvalue weighted by atomic mass is 16.6. The quantitative estimate of drug-likeness (QED) is 0.405. The van der Waals surface area contributed by atoms with Crippen molar-refractivity contribution in [3.8, 4) is 5.75 Å². The van der Waals surface area contributed by atoms with Gasteiger partial charge in [0.15, 0.2) is 5.75 Å². The van der Waals surface area contributed by atoms with Gasteiger partial charge in [0.25, 0.3) is 5.69 Å². The molecule has 0 aromatic heterocycles. The van der Waals surface area contributed by atoms with Crippen LogP contribution in [0.1, 0.15) is 13.8 Å². The van der Waals surface area contributed by atoms with Crippen molar-refractivity contribution < 1.29 is 29.2 Å². The van der Waals surface area contributed by atoms with Gasteiger partial charge < -0.3 is 24.8 Å². The summed E-state index contributed by atoms with van der Waals surface area (Å²) in [5.74, 6) is -2.09. The molecule has 23 heavy (non-hydrogen) atoms. The van der Waals surface area contributed by atoms with Crippen LogP contribution in [-0.2, 0) is 14.3 Å². The lowest BCUT2D eigenvalue weighted by atomic mass is 10.2. The minimum Gasteiger partial charge on any atom is -0.548 e. The van der Waals surface area contributed by atoms with E-state index >= 15 is 0 Å². The number of oxime groups is 1. The zero-order valence-corrected chi connectivity index (χ0v) is 12.4. The van der Waals surface area contributed by atoms with Crippen molar-refractivity contribution >= 4 is 29.0 Å². The van der Waals surface area contributed by atoms with Crippen molar-refractivity contribution in [2.45, 2.75) is 13.8 Å². The van der Waals surface area contributed by atoms with E-state index in [4.69, 9.17) is 4.84 Å². The maximum absolute atomic E-state index is 11.6. The predicted molar refractivity (Wildman–Crippen MR) is 77.0 cm³/mol. The highest BCUT2D eigenvalue weighted by molar-refractivity contribution is 5.92. The Bertz CT molecular complexity index is 638. The van der Waals surface area contributed by atoms with Crippen LogP contribution >= 0.6 is 0 Å². The molecule has 0 fully saturated rings. The van der Waals surface area contributed by atoms with Crippen LogP contribution in [-0.4, -0.2) is 35.7 Å². The fourth-order valence-corrected chi connectivity index (χ4v) is 1.38. The van der Waals surface area contributed by atoms with Crippen molar-refractivity contribution in [3.63, 3.8) is 0 Å². The monoisotopic (exact) mass is 324 g/mol. The molecule has 0 aliphatic rings. The van der Waals surface area contributed by atoms with E-state index in [-0.39, 0.29) is 17.1 Å². The number of benzene rings is 1. The van der Waals surface area contributed by atoms with Gasteiger partial charge >= 0.3 is 0 Å². The van der Waals surface area contributed by atoms with E-state index < -0.39 is 30.0 Å². The Morgan fingerprint density at radius 1 is 1.26 bits per heavy atom. The lowest BCUT2D eigenvalue weighted by Gasteiger charge is -2.08. The first-order chi connectivity index (χ1) is 10.8. The smallest absolute Gasteiger partial charge is 0.275 e. The minimum absolute atomic E-state index is 0.0614. The first kappa shape index (κ1) is 18.0. The number of carbonyl (C=O) groups is 2. The van der Waals surface area contributed by atoms with Gasteiger partial charge in [0, 0.05) is 12.1 Å². The molecule has 0 bridgehead atoms. The van der Waals surface area contributed by atoms with Crippen LogP contribution < -0.4 is 15.3 Å². The van der Waals surface area contributed by atoms with Crippen LogP contribution in [0.5, 0.6) is 5.75 Å². The summed E-state index contributed by atoms with van der Waals surface area (Å²) in [7, 11) is 0. The highest BCUT2D eigenvalue weighted by Gasteiger charge is 2.13. The Labute approximate surface area is 130 Å². The maximum Gasteiger partial charge on any atom is 0.275 e. The minimum atomic E-state index is -1.46. The van der Waals surface area contributed by atoms with E-state index in [0.717, 1.165) is 12.1 Å². The summed E-state index contributed by atoms with van der Waals surface area (Å²) in [5, 5.41) is 27.0. The summed E-state index contributed by atoms with van der Waals surface area (Å²) < 4.78 is 4.55. The van der Waals surface area contributed by atoms with Gasteiger partial charge in [-0.05, 0) is 13.8 Å². The van der Waals surface area contributed by atoms with Gasteiger partial charge in [-0.2, -0.15) is 0 Å². The molecule has 0 spiro atoms. The summed E-state index contributed by atoms with van der Waals surface area (Å²) >= 11 is 0. The Balaban J connectivity index is 2.83. The lowest BCUT2D eigenvalue weighted by Crippen LogP contribution is -2.29. The molecule has 1 amide bonds. The molecular weight excluding hydrogens is 310 g/mol. The molecule has 1 rings (SSSR count). The van der Waals surface area contributed by atoms with Crippen LogP contribution in [0.3, 0.4) is 0 Å². The second-order valence-corrected chi connectivity index (χ2v) is 4.52. The average Bonchev–Trinajstić information content (AvgIpc) is 2.44. The summed E-state index contributed by atoms with van der Waals surface area (Å²) in [6, 6.07) is 3.59. The fourth-order valence-electron chi connectivity index (χ4n) is 1.38. The second kappa shape index (κ2) is 8.44. The third kappa shape index (κ3) is 7.00. The number of amides is 1. The van der Waals surface area contributed by atoms with Crippen LogP contribution in [0, 0.1) is 10.1 Å². The Morgan fingerprint density at radius 3 is 2.52 bits per heavy atom. The first-order valence-electron chi connectivity index (χ1n) is 6.33. The number of nitrogens with zero attached hydrogens (tertiary/aromatic N) is 2. The molecule has 0 heterocycles. The number of hydrogen-bond acceptors (Lipinski definition) is 8. The molecule has 0 unspecified atom stereocenters. The van der Waals surface area contributed by atoms with Crippen molar-refractivity contribution in [2.24, 2.45) is 5.16 Å². The Hall–Kier alpha value is -3.01. The average molecular weight is 324 g/mol. The molecule has 0 radical (unpaired) electrons. The van der Waals surface area contributed by atoms with Gasteiger partial charge in [-0.25, -0.2) is 0 Å². The molecule has 0 saturated heterocycles. The summed E-state index contributed by atoms with van der Waals surface area (Å²) in [6.45, 7) is 2.07. The van der Waals surface area contributed by atoms with Crippen LogP contribution in [0.25, 0.3) is 0 Å². The van der Waals surface area contributed by atoms with E-state index in [0.29, 0.717) is 5.71 Å². The van der Waals surface area contributed by atoms with E-state index in [1.165, 1.54) is 6.07 Å². The highest BCUT2D eigenvalue weighted by Crippen LogP contribution is 2.26. The van der Waals surface area contributed by atoms with Crippen molar-refractivity contribution in [1.29, 1.82) is 0 Å². The van der Waals surface area contributed by atoms with Gasteiger partial charge in [-0.1, -0.05) is 5.16 Å². The zero-order chi connectivity index (χ0) is 17.4. The fraction of sp³-hybridized carbons (Fsp3) is 0.308. The molecule has 1 N–H and O–H groups in total. The number of ether oxygens (including phenoxy) is 1. The van der Waals surface area contributed by atoms with Gasteiger partial charge in [-0.3, -0.25) is 14.9 Å². The Kier molecular flexibility index (Phi) is 6.62. The second-order valence-electron chi connectivity index (χ2n) is 4.52. The topological polar surface area (TPSA) is 143 Å². The summed E-state index contributed by atoms with van der Waals surface area (Å²) in [5.41, 5.74) is 0.371. The van der Waals surface area contributed by atoms with E-state index in [2.05, 4.69) is 15.2 Å². The number of carboxylic acids is 1.